The molecule has 0 aliphatic rings. The van der Waals surface area contributed by atoms with Crippen LogP contribution in [0.25, 0.3) is 0 Å². The number of methoxy groups -OCH3 is 2. The lowest BCUT2D eigenvalue weighted by Gasteiger charge is -2.11. The first kappa shape index (κ1) is 23.8. The quantitative estimate of drug-likeness (QED) is 0.247. The number of rotatable bonds is 12. The molecule has 2 unspecified atom stereocenters. The van der Waals surface area contributed by atoms with Gasteiger partial charge in [0.1, 0.15) is 0 Å². The Morgan fingerprint density at radius 2 is 1.04 bits per heavy atom. The Kier molecular flexibility index (Phi) is 10.2. The van der Waals surface area contributed by atoms with E-state index in [-0.39, 0.29) is 30.8 Å². The molecule has 0 spiro atoms. The molecule has 0 amide bonds. The van der Waals surface area contributed by atoms with E-state index in [2.05, 4.69) is 17.8 Å². The molecule has 12 heteroatoms. The lowest BCUT2D eigenvalue weighted by Crippen LogP contribution is -2.27. The molecular formula is C13H24O10S2. The van der Waals surface area contributed by atoms with Crippen molar-refractivity contribution in [3.8, 4) is 0 Å². The van der Waals surface area contributed by atoms with Crippen molar-refractivity contribution < 1.29 is 44.3 Å². The Morgan fingerprint density at radius 3 is 1.32 bits per heavy atom. The lowest BCUT2D eigenvalue weighted by atomic mass is 10.3. The van der Waals surface area contributed by atoms with Crippen LogP contribution in [0.15, 0.2) is 0 Å². The number of ether oxygens (including phenoxy) is 2. The van der Waals surface area contributed by atoms with E-state index in [1.165, 1.54) is 13.8 Å². The fourth-order valence-corrected chi connectivity index (χ4v) is 4.03. The fourth-order valence-electron chi connectivity index (χ4n) is 1.68. The van der Waals surface area contributed by atoms with Crippen LogP contribution < -0.4 is 0 Å². The second kappa shape index (κ2) is 10.7. The Morgan fingerprint density at radius 1 is 0.720 bits per heavy atom. The van der Waals surface area contributed by atoms with Crippen LogP contribution in [0.1, 0.15) is 33.1 Å². The van der Waals surface area contributed by atoms with Crippen molar-refractivity contribution >= 4 is 32.2 Å². The summed E-state index contributed by atoms with van der Waals surface area (Å²) in [5, 5.41) is 0. The Bertz CT molecular complexity index is 582. The van der Waals surface area contributed by atoms with Gasteiger partial charge in [-0.3, -0.25) is 8.37 Å². The molecule has 10 nitrogen and oxygen atoms in total. The number of hydrogen-bond acceptors (Lipinski definition) is 10. The van der Waals surface area contributed by atoms with Crippen molar-refractivity contribution in [1.29, 1.82) is 0 Å². The summed E-state index contributed by atoms with van der Waals surface area (Å²) in [6, 6.07) is 0. The van der Waals surface area contributed by atoms with E-state index in [9.17, 15) is 26.4 Å². The largest absolute Gasteiger partial charge is 0.467 e. The first-order chi connectivity index (χ1) is 11.4. The molecule has 25 heavy (non-hydrogen) atoms. The average Bonchev–Trinajstić information content (AvgIpc) is 2.51. The number of unbranched alkanes of at least 4 members (excludes halogenated alkanes) is 2. The Labute approximate surface area is 148 Å². The van der Waals surface area contributed by atoms with Crippen LogP contribution in [-0.4, -0.2) is 66.7 Å². The van der Waals surface area contributed by atoms with Crippen LogP contribution in [0, 0.1) is 0 Å². The number of carbonyl (C=O) groups is 2. The highest BCUT2D eigenvalue weighted by Gasteiger charge is 2.23. The van der Waals surface area contributed by atoms with Gasteiger partial charge in [-0.15, -0.1) is 0 Å². The summed E-state index contributed by atoms with van der Waals surface area (Å²) in [5.41, 5.74) is 0. The predicted octanol–water partition coefficient (Wildman–Crippen LogP) is -0.0275. The maximum Gasteiger partial charge on any atom is 0.336 e. The average molecular weight is 404 g/mol. The van der Waals surface area contributed by atoms with Gasteiger partial charge in [-0.1, -0.05) is 6.42 Å². The van der Waals surface area contributed by atoms with Gasteiger partial charge in [-0.2, -0.15) is 16.8 Å². The van der Waals surface area contributed by atoms with E-state index >= 15 is 0 Å². The zero-order valence-corrected chi connectivity index (χ0v) is 16.2. The molecule has 0 aromatic carbocycles. The summed E-state index contributed by atoms with van der Waals surface area (Å²) in [4.78, 5) is 22.2. The molecule has 0 saturated heterocycles. The van der Waals surface area contributed by atoms with Crippen molar-refractivity contribution in [2.24, 2.45) is 0 Å². The first-order valence-electron chi connectivity index (χ1n) is 7.41. The summed E-state index contributed by atoms with van der Waals surface area (Å²) in [6.07, 6.45) is -1.95. The third-order valence-electron chi connectivity index (χ3n) is 2.94. The monoisotopic (exact) mass is 404 g/mol. The number of hydrogen-bond donors (Lipinski definition) is 0. The van der Waals surface area contributed by atoms with Crippen molar-refractivity contribution in [2.75, 3.05) is 25.7 Å². The summed E-state index contributed by atoms with van der Waals surface area (Å²) < 4.78 is 64.6. The standard InChI is InChI=1S/C13H24O10S2/c1-10(12(14)20-3)22-24(16,17)8-6-5-7-9-25(18,19)23-11(2)13(15)21-4/h10-11H,5-9H2,1-4H3. The highest BCUT2D eigenvalue weighted by molar-refractivity contribution is 7.87. The molecule has 0 saturated carbocycles. The molecule has 0 aromatic heterocycles. The van der Waals surface area contributed by atoms with Crippen LogP contribution in [0.3, 0.4) is 0 Å². The maximum absolute atomic E-state index is 11.7. The second-order valence-electron chi connectivity index (χ2n) is 5.11. The van der Waals surface area contributed by atoms with Crippen LogP contribution in [-0.2, 0) is 47.7 Å². The topological polar surface area (TPSA) is 139 Å². The molecular weight excluding hydrogens is 380 g/mol. The summed E-state index contributed by atoms with van der Waals surface area (Å²) in [6.45, 7) is 2.49. The normalized spacial score (nSPS) is 14.6. The van der Waals surface area contributed by atoms with E-state index < -0.39 is 44.4 Å². The smallest absolute Gasteiger partial charge is 0.336 e. The van der Waals surface area contributed by atoms with E-state index in [4.69, 9.17) is 0 Å². The van der Waals surface area contributed by atoms with E-state index in [0.717, 1.165) is 14.2 Å². The van der Waals surface area contributed by atoms with Crippen molar-refractivity contribution in [1.82, 2.24) is 0 Å². The molecule has 0 fully saturated rings. The van der Waals surface area contributed by atoms with Gasteiger partial charge in [-0.05, 0) is 26.7 Å². The van der Waals surface area contributed by atoms with Gasteiger partial charge in [0.25, 0.3) is 20.2 Å². The van der Waals surface area contributed by atoms with Gasteiger partial charge in [0, 0.05) is 0 Å². The lowest BCUT2D eigenvalue weighted by molar-refractivity contribution is -0.148. The minimum atomic E-state index is -3.93. The third kappa shape index (κ3) is 10.4. The minimum absolute atomic E-state index is 0.137. The van der Waals surface area contributed by atoms with Gasteiger partial charge in [0.05, 0.1) is 25.7 Å². The Hall–Kier alpha value is -1.24. The van der Waals surface area contributed by atoms with Gasteiger partial charge in [0.15, 0.2) is 12.2 Å². The van der Waals surface area contributed by atoms with Gasteiger partial charge < -0.3 is 9.47 Å². The Balaban J connectivity index is 4.20. The number of esters is 2. The molecule has 0 bridgehead atoms. The van der Waals surface area contributed by atoms with E-state index in [1.54, 1.807) is 0 Å². The van der Waals surface area contributed by atoms with E-state index in [0.29, 0.717) is 0 Å². The summed E-state index contributed by atoms with van der Waals surface area (Å²) in [5.74, 6) is -2.36. The number of carbonyl (C=O) groups excluding carboxylic acids is 2. The van der Waals surface area contributed by atoms with Crippen LogP contribution in [0.4, 0.5) is 0 Å². The van der Waals surface area contributed by atoms with Gasteiger partial charge in [0.2, 0.25) is 0 Å². The molecule has 0 aliphatic heterocycles. The molecule has 2 atom stereocenters. The van der Waals surface area contributed by atoms with Gasteiger partial charge >= 0.3 is 11.9 Å². The molecule has 0 rings (SSSR count). The molecule has 0 radical (unpaired) electrons. The van der Waals surface area contributed by atoms with Crippen LogP contribution in [0.2, 0.25) is 0 Å². The summed E-state index contributed by atoms with van der Waals surface area (Å²) in [7, 11) is -5.64. The second-order valence-corrected chi connectivity index (χ2v) is 8.54. The molecule has 0 aliphatic carbocycles. The van der Waals surface area contributed by atoms with Crippen LogP contribution in [0.5, 0.6) is 0 Å². The zero-order valence-electron chi connectivity index (χ0n) is 14.6. The highest BCUT2D eigenvalue weighted by Crippen LogP contribution is 2.09. The fraction of sp³-hybridized carbons (Fsp3) is 0.846. The third-order valence-corrected chi connectivity index (χ3v) is 5.68. The van der Waals surface area contributed by atoms with E-state index in [1.807, 2.05) is 0 Å². The van der Waals surface area contributed by atoms with Crippen molar-refractivity contribution in [2.45, 2.75) is 45.3 Å². The van der Waals surface area contributed by atoms with Gasteiger partial charge in [-0.25, -0.2) is 9.59 Å². The predicted molar refractivity (Wildman–Crippen MR) is 86.6 cm³/mol. The highest BCUT2D eigenvalue weighted by atomic mass is 32.2. The maximum atomic E-state index is 11.7. The van der Waals surface area contributed by atoms with Crippen molar-refractivity contribution in [3.63, 3.8) is 0 Å². The SMILES string of the molecule is COC(=O)C(C)OS(=O)(=O)CCCCCS(=O)(=O)OC(C)C(=O)OC. The minimum Gasteiger partial charge on any atom is -0.467 e. The first-order valence-corrected chi connectivity index (χ1v) is 10.6. The molecule has 148 valence electrons. The molecule has 0 heterocycles. The zero-order chi connectivity index (χ0) is 19.7. The molecule has 0 aromatic rings. The summed E-state index contributed by atoms with van der Waals surface area (Å²) >= 11 is 0. The van der Waals surface area contributed by atoms with Crippen LogP contribution >= 0.6 is 0 Å². The molecule has 0 N–H and O–H groups in total. The van der Waals surface area contributed by atoms with Crippen molar-refractivity contribution in [3.05, 3.63) is 0 Å².